The van der Waals surface area contributed by atoms with E-state index in [1.807, 2.05) is 19.9 Å². The van der Waals surface area contributed by atoms with E-state index in [4.69, 9.17) is 5.26 Å². The SMILES string of the molecule is CCC(CC)n1c(O)nc2ncc(C#N)nc21. The van der Waals surface area contributed by atoms with E-state index < -0.39 is 0 Å². The topological polar surface area (TPSA) is 87.6 Å². The molecule has 2 rings (SSSR count). The molecule has 0 amide bonds. The summed E-state index contributed by atoms with van der Waals surface area (Å²) in [4.78, 5) is 12.1. The molecule has 0 aliphatic rings. The number of hydrogen-bond acceptors (Lipinski definition) is 5. The van der Waals surface area contributed by atoms with Crippen LogP contribution < -0.4 is 0 Å². The Labute approximate surface area is 98.6 Å². The molecule has 2 aromatic rings. The fraction of sp³-hybridized carbons (Fsp3) is 0.455. The molecule has 2 heterocycles. The molecule has 17 heavy (non-hydrogen) atoms. The van der Waals surface area contributed by atoms with Gasteiger partial charge in [0, 0.05) is 6.04 Å². The van der Waals surface area contributed by atoms with Gasteiger partial charge in [-0.3, -0.25) is 4.57 Å². The van der Waals surface area contributed by atoms with Crippen LogP contribution >= 0.6 is 0 Å². The van der Waals surface area contributed by atoms with Crippen LogP contribution in [0.2, 0.25) is 0 Å². The van der Waals surface area contributed by atoms with Crippen LogP contribution in [0.15, 0.2) is 6.20 Å². The molecule has 0 radical (unpaired) electrons. The molecule has 0 saturated carbocycles. The molecular formula is C11H13N5O. The summed E-state index contributed by atoms with van der Waals surface area (Å²) >= 11 is 0. The average molecular weight is 231 g/mol. The number of nitriles is 1. The van der Waals surface area contributed by atoms with Crippen LogP contribution in [-0.4, -0.2) is 24.6 Å². The zero-order valence-corrected chi connectivity index (χ0v) is 9.75. The Morgan fingerprint density at radius 2 is 2.12 bits per heavy atom. The lowest BCUT2D eigenvalue weighted by Gasteiger charge is -2.15. The smallest absolute Gasteiger partial charge is 0.297 e. The first kappa shape index (κ1) is 11.3. The fourth-order valence-corrected chi connectivity index (χ4v) is 1.90. The van der Waals surface area contributed by atoms with Crippen molar-refractivity contribution in [1.29, 1.82) is 5.26 Å². The minimum Gasteiger partial charge on any atom is -0.480 e. The van der Waals surface area contributed by atoms with Crippen molar-refractivity contribution < 1.29 is 5.11 Å². The summed E-state index contributed by atoms with van der Waals surface area (Å²) in [5.74, 6) is 0. The van der Waals surface area contributed by atoms with E-state index >= 15 is 0 Å². The maximum atomic E-state index is 9.82. The fourth-order valence-electron chi connectivity index (χ4n) is 1.90. The van der Waals surface area contributed by atoms with Gasteiger partial charge in [0.2, 0.25) is 5.65 Å². The summed E-state index contributed by atoms with van der Waals surface area (Å²) < 4.78 is 1.64. The molecule has 0 aromatic carbocycles. The lowest BCUT2D eigenvalue weighted by molar-refractivity contribution is 0.360. The maximum Gasteiger partial charge on any atom is 0.297 e. The van der Waals surface area contributed by atoms with Crippen molar-refractivity contribution in [3.8, 4) is 12.1 Å². The lowest BCUT2D eigenvalue weighted by Crippen LogP contribution is -2.07. The Bertz CT molecular complexity index is 579. The van der Waals surface area contributed by atoms with E-state index in [1.165, 1.54) is 6.20 Å². The molecule has 0 aliphatic carbocycles. The highest BCUT2D eigenvalue weighted by Gasteiger charge is 2.18. The Morgan fingerprint density at radius 1 is 1.41 bits per heavy atom. The van der Waals surface area contributed by atoms with Crippen LogP contribution in [0.4, 0.5) is 0 Å². The normalized spacial score (nSPS) is 10.9. The molecule has 0 atom stereocenters. The highest BCUT2D eigenvalue weighted by Crippen LogP contribution is 2.26. The first-order valence-electron chi connectivity index (χ1n) is 5.55. The van der Waals surface area contributed by atoms with E-state index in [2.05, 4.69) is 15.0 Å². The van der Waals surface area contributed by atoms with Crippen LogP contribution in [0.1, 0.15) is 38.4 Å². The van der Waals surface area contributed by atoms with Crippen LogP contribution in [0.25, 0.3) is 11.3 Å². The van der Waals surface area contributed by atoms with Crippen LogP contribution in [0.5, 0.6) is 6.01 Å². The second-order valence-electron chi connectivity index (χ2n) is 3.77. The minimum atomic E-state index is -0.0937. The summed E-state index contributed by atoms with van der Waals surface area (Å²) in [5, 5.41) is 18.6. The van der Waals surface area contributed by atoms with Crippen LogP contribution in [-0.2, 0) is 0 Å². The van der Waals surface area contributed by atoms with Gasteiger partial charge in [0.1, 0.15) is 6.07 Å². The Kier molecular flexibility index (Phi) is 2.91. The molecule has 6 heteroatoms. The molecular weight excluding hydrogens is 218 g/mol. The molecule has 1 N–H and O–H groups in total. The number of nitrogens with zero attached hydrogens (tertiary/aromatic N) is 5. The molecule has 0 fully saturated rings. The van der Waals surface area contributed by atoms with Crippen molar-refractivity contribution in [3.05, 3.63) is 11.9 Å². The van der Waals surface area contributed by atoms with Gasteiger partial charge in [-0.1, -0.05) is 13.8 Å². The van der Waals surface area contributed by atoms with Gasteiger partial charge in [-0.05, 0) is 12.8 Å². The summed E-state index contributed by atoms with van der Waals surface area (Å²) in [6.07, 6.45) is 3.06. The van der Waals surface area contributed by atoms with Crippen LogP contribution in [0.3, 0.4) is 0 Å². The number of rotatable bonds is 3. The first-order valence-corrected chi connectivity index (χ1v) is 5.55. The van der Waals surface area contributed by atoms with Crippen molar-refractivity contribution in [2.24, 2.45) is 0 Å². The quantitative estimate of drug-likeness (QED) is 0.869. The molecule has 6 nitrogen and oxygen atoms in total. The number of aromatic hydroxyl groups is 1. The Hall–Kier alpha value is -2.16. The van der Waals surface area contributed by atoms with E-state index in [1.54, 1.807) is 4.57 Å². The van der Waals surface area contributed by atoms with E-state index in [-0.39, 0.29) is 17.7 Å². The van der Waals surface area contributed by atoms with Gasteiger partial charge in [-0.2, -0.15) is 10.2 Å². The third-order valence-electron chi connectivity index (χ3n) is 2.81. The number of hydrogen-bond donors (Lipinski definition) is 1. The van der Waals surface area contributed by atoms with Gasteiger partial charge in [-0.25, -0.2) is 9.97 Å². The van der Waals surface area contributed by atoms with Gasteiger partial charge in [0.25, 0.3) is 6.01 Å². The third-order valence-corrected chi connectivity index (χ3v) is 2.81. The summed E-state index contributed by atoms with van der Waals surface area (Å²) in [6, 6.07) is 1.95. The van der Waals surface area contributed by atoms with E-state index in [0.717, 1.165) is 12.8 Å². The molecule has 0 unspecified atom stereocenters. The molecule has 0 saturated heterocycles. The molecule has 0 bridgehead atoms. The summed E-state index contributed by atoms with van der Waals surface area (Å²) in [6.45, 7) is 4.06. The van der Waals surface area contributed by atoms with Crippen molar-refractivity contribution in [2.75, 3.05) is 0 Å². The van der Waals surface area contributed by atoms with Gasteiger partial charge in [0.05, 0.1) is 6.20 Å². The predicted molar refractivity (Wildman–Crippen MR) is 61.3 cm³/mol. The van der Waals surface area contributed by atoms with Gasteiger partial charge < -0.3 is 5.11 Å². The molecule has 2 aromatic heterocycles. The summed E-state index contributed by atoms with van der Waals surface area (Å²) in [5.41, 5.74) is 1.06. The van der Waals surface area contributed by atoms with Crippen molar-refractivity contribution in [1.82, 2.24) is 19.5 Å². The van der Waals surface area contributed by atoms with E-state index in [0.29, 0.717) is 11.3 Å². The van der Waals surface area contributed by atoms with E-state index in [9.17, 15) is 5.11 Å². The molecule has 0 aliphatic heterocycles. The maximum absolute atomic E-state index is 9.82. The van der Waals surface area contributed by atoms with Crippen LogP contribution in [0, 0.1) is 11.3 Å². The highest BCUT2D eigenvalue weighted by atomic mass is 16.3. The third kappa shape index (κ3) is 1.80. The monoisotopic (exact) mass is 231 g/mol. The van der Waals surface area contributed by atoms with Gasteiger partial charge in [-0.15, -0.1) is 0 Å². The Balaban J connectivity index is 2.68. The number of fused-ring (bicyclic) bond motifs is 1. The second-order valence-corrected chi connectivity index (χ2v) is 3.77. The predicted octanol–water partition coefficient (Wildman–Crippen LogP) is 1.76. The summed E-state index contributed by atoms with van der Waals surface area (Å²) in [7, 11) is 0. The average Bonchev–Trinajstić information content (AvgIpc) is 2.67. The van der Waals surface area contributed by atoms with Crippen molar-refractivity contribution in [2.45, 2.75) is 32.7 Å². The molecule has 88 valence electrons. The molecule has 0 spiro atoms. The minimum absolute atomic E-state index is 0.0937. The highest BCUT2D eigenvalue weighted by molar-refractivity contribution is 5.68. The Morgan fingerprint density at radius 3 is 2.71 bits per heavy atom. The zero-order valence-electron chi connectivity index (χ0n) is 9.75. The van der Waals surface area contributed by atoms with Gasteiger partial charge >= 0.3 is 0 Å². The largest absolute Gasteiger partial charge is 0.480 e. The zero-order chi connectivity index (χ0) is 12.4. The van der Waals surface area contributed by atoms with Crippen molar-refractivity contribution in [3.63, 3.8) is 0 Å². The lowest BCUT2D eigenvalue weighted by atomic mass is 10.2. The van der Waals surface area contributed by atoms with Crippen molar-refractivity contribution >= 4 is 11.3 Å². The van der Waals surface area contributed by atoms with Gasteiger partial charge in [0.15, 0.2) is 11.3 Å². The standard InChI is InChI=1S/C11H13N5O/c1-3-8(4-2)16-10-9(15-11(16)17)13-6-7(5-12)14-10/h6,8H,3-4H2,1-2H3,(H,13,15,17). The first-order chi connectivity index (χ1) is 8.21. The number of imidazole rings is 1. The number of aromatic nitrogens is 4. The second kappa shape index (κ2) is 4.37.